The number of rotatable bonds is 15. The van der Waals surface area contributed by atoms with Crippen LogP contribution >= 0.6 is 0 Å². The van der Waals surface area contributed by atoms with Crippen LogP contribution < -0.4 is 21.1 Å². The molecule has 0 bridgehead atoms. The lowest BCUT2D eigenvalue weighted by atomic mass is 10.1. The molecule has 4 amide bonds. The van der Waals surface area contributed by atoms with Crippen LogP contribution in [-0.2, 0) is 43.6 Å². The fraction of sp³-hybridized carbons (Fsp3) is 0.293. The highest BCUT2D eigenvalue weighted by Gasteiger charge is 2.29. The summed E-state index contributed by atoms with van der Waals surface area (Å²) in [5.41, 5.74) is 4.11. The van der Waals surface area contributed by atoms with Gasteiger partial charge in [-0.1, -0.05) is 97.1 Å². The van der Waals surface area contributed by atoms with Gasteiger partial charge in [-0.05, 0) is 74.9 Å². The van der Waals surface area contributed by atoms with Crippen molar-refractivity contribution in [1.29, 1.82) is 0 Å². The Bertz CT molecular complexity index is 1820. The fourth-order valence-electron chi connectivity index (χ4n) is 4.93. The van der Waals surface area contributed by atoms with Gasteiger partial charge in [0.05, 0.1) is 11.3 Å². The number of anilines is 1. The Balaban J connectivity index is 1.45. The molecule has 0 radical (unpaired) electrons. The highest BCUT2D eigenvalue weighted by Crippen LogP contribution is 2.19. The minimum atomic E-state index is -1.16. The SMILES string of the molecule is CC(C)(C)OC(=O)NN(C(=O)N[C@H](CCCCNC(=O)OCc1ccccc1)C(=O)OCc1ccccc1)c1cccc(C(=O)OCc2ccccc2)c1. The number of hydrazine groups is 1. The van der Waals surface area contributed by atoms with Crippen LogP contribution in [0.2, 0.25) is 0 Å². The maximum Gasteiger partial charge on any atom is 0.427 e. The average Bonchev–Trinajstić information content (AvgIpc) is 3.17. The Morgan fingerprint density at radius 3 is 1.78 bits per heavy atom. The number of alkyl carbamates (subject to hydrolysis) is 1. The van der Waals surface area contributed by atoms with E-state index in [4.69, 9.17) is 18.9 Å². The van der Waals surface area contributed by atoms with Crippen molar-refractivity contribution in [1.82, 2.24) is 16.1 Å². The molecule has 0 heterocycles. The molecule has 54 heavy (non-hydrogen) atoms. The second-order valence-corrected chi connectivity index (χ2v) is 13.1. The van der Waals surface area contributed by atoms with Gasteiger partial charge in [-0.25, -0.2) is 34.4 Å². The van der Waals surface area contributed by atoms with Crippen molar-refractivity contribution in [2.24, 2.45) is 0 Å². The number of ether oxygens (including phenoxy) is 4. The number of urea groups is 1. The number of esters is 2. The topological polar surface area (TPSA) is 162 Å². The van der Waals surface area contributed by atoms with Crippen molar-refractivity contribution in [3.63, 3.8) is 0 Å². The van der Waals surface area contributed by atoms with Crippen LogP contribution in [0.3, 0.4) is 0 Å². The summed E-state index contributed by atoms with van der Waals surface area (Å²) in [7, 11) is 0. The monoisotopic (exact) mass is 738 g/mol. The summed E-state index contributed by atoms with van der Waals surface area (Å²) < 4.78 is 21.7. The lowest BCUT2D eigenvalue weighted by Gasteiger charge is -2.28. The van der Waals surface area contributed by atoms with E-state index in [1.807, 2.05) is 78.9 Å². The van der Waals surface area contributed by atoms with Crippen molar-refractivity contribution in [3.05, 3.63) is 138 Å². The molecule has 0 saturated heterocycles. The summed E-state index contributed by atoms with van der Waals surface area (Å²) in [6.07, 6.45) is -0.561. The van der Waals surface area contributed by atoms with Gasteiger partial charge in [-0.3, -0.25) is 0 Å². The normalized spacial score (nSPS) is 11.3. The standard InChI is InChI=1S/C41H46N4O9/c1-41(2,3)54-40(50)44-45(34-23-15-22-33(26-34)36(46)51-27-30-16-7-4-8-17-30)38(48)43-35(37(47)52-28-31-18-9-5-10-19-31)24-13-14-25-42-39(49)53-29-32-20-11-6-12-21-32/h4-12,15-23,26,35H,13-14,24-25,27-29H2,1-3H3,(H,42,49)(H,43,48)(H,44,50)/t35-/m1/s1. The predicted octanol–water partition coefficient (Wildman–Crippen LogP) is 7.21. The lowest BCUT2D eigenvalue weighted by molar-refractivity contribution is -0.147. The predicted molar refractivity (Wildman–Crippen MR) is 201 cm³/mol. The molecular weight excluding hydrogens is 692 g/mol. The maximum atomic E-state index is 13.9. The summed E-state index contributed by atoms with van der Waals surface area (Å²) in [4.78, 5) is 65.5. The highest BCUT2D eigenvalue weighted by molar-refractivity contribution is 5.98. The van der Waals surface area contributed by atoms with Crippen LogP contribution in [0.15, 0.2) is 115 Å². The minimum absolute atomic E-state index is 0.0292. The van der Waals surface area contributed by atoms with Crippen LogP contribution in [0, 0.1) is 0 Å². The zero-order chi connectivity index (χ0) is 38.8. The Labute approximate surface area is 314 Å². The summed E-state index contributed by atoms with van der Waals surface area (Å²) in [6.45, 7) is 5.37. The minimum Gasteiger partial charge on any atom is -0.459 e. The molecule has 284 valence electrons. The number of unbranched alkanes of at least 4 members (excludes halogenated alkanes) is 1. The Kier molecular flexibility index (Phi) is 15.4. The first-order valence-electron chi connectivity index (χ1n) is 17.5. The smallest absolute Gasteiger partial charge is 0.427 e. The van der Waals surface area contributed by atoms with Crippen LogP contribution in [0.5, 0.6) is 0 Å². The van der Waals surface area contributed by atoms with E-state index in [1.54, 1.807) is 32.9 Å². The molecule has 0 aliphatic carbocycles. The van der Waals surface area contributed by atoms with E-state index >= 15 is 0 Å². The number of hydrogen-bond acceptors (Lipinski definition) is 9. The molecule has 13 heteroatoms. The van der Waals surface area contributed by atoms with Gasteiger partial charge in [0.25, 0.3) is 0 Å². The third-order valence-electron chi connectivity index (χ3n) is 7.57. The van der Waals surface area contributed by atoms with Gasteiger partial charge in [-0.15, -0.1) is 0 Å². The summed E-state index contributed by atoms with van der Waals surface area (Å²) >= 11 is 0. The van der Waals surface area contributed by atoms with Crippen LogP contribution in [-0.4, -0.2) is 48.3 Å². The molecule has 0 aliphatic rings. The molecule has 0 fully saturated rings. The number of carbonyl (C=O) groups is 5. The molecule has 4 aromatic rings. The van der Waals surface area contributed by atoms with Crippen molar-refractivity contribution in [2.75, 3.05) is 11.6 Å². The fourth-order valence-corrected chi connectivity index (χ4v) is 4.93. The number of nitrogens with one attached hydrogen (secondary N) is 3. The number of hydrogen-bond donors (Lipinski definition) is 3. The van der Waals surface area contributed by atoms with Gasteiger partial charge >= 0.3 is 30.2 Å². The second-order valence-electron chi connectivity index (χ2n) is 13.1. The van der Waals surface area contributed by atoms with E-state index in [2.05, 4.69) is 16.1 Å². The molecule has 13 nitrogen and oxygen atoms in total. The quantitative estimate of drug-likeness (QED) is 0.0495. The average molecular weight is 739 g/mol. The van der Waals surface area contributed by atoms with Gasteiger partial charge < -0.3 is 29.6 Å². The van der Waals surface area contributed by atoms with E-state index in [9.17, 15) is 24.0 Å². The van der Waals surface area contributed by atoms with Gasteiger partial charge in [0, 0.05) is 6.54 Å². The number of nitrogens with zero attached hydrogens (tertiary/aromatic N) is 1. The largest absolute Gasteiger partial charge is 0.459 e. The molecule has 4 rings (SSSR count). The van der Waals surface area contributed by atoms with E-state index in [0.717, 1.165) is 21.7 Å². The Morgan fingerprint density at radius 1 is 0.648 bits per heavy atom. The molecule has 0 aromatic heterocycles. The summed E-state index contributed by atoms with van der Waals surface area (Å²) in [5.74, 6) is -1.36. The molecule has 0 spiro atoms. The van der Waals surface area contributed by atoms with Crippen molar-refractivity contribution in [3.8, 4) is 0 Å². The van der Waals surface area contributed by atoms with Crippen molar-refractivity contribution in [2.45, 2.75) is 71.5 Å². The first-order chi connectivity index (χ1) is 26.0. The first-order valence-corrected chi connectivity index (χ1v) is 17.5. The Hall–Kier alpha value is -6.37. The van der Waals surface area contributed by atoms with E-state index in [0.29, 0.717) is 12.8 Å². The maximum absolute atomic E-state index is 13.9. The van der Waals surface area contributed by atoms with Crippen LogP contribution in [0.1, 0.15) is 67.1 Å². The molecule has 0 saturated carbocycles. The summed E-state index contributed by atoms with van der Waals surface area (Å²) in [6, 6.07) is 31.3. The number of benzene rings is 4. The van der Waals surface area contributed by atoms with Gasteiger partial charge in [0.2, 0.25) is 0 Å². The zero-order valence-electron chi connectivity index (χ0n) is 30.6. The van der Waals surface area contributed by atoms with Crippen LogP contribution in [0.4, 0.5) is 20.1 Å². The molecular formula is C41H46N4O9. The van der Waals surface area contributed by atoms with E-state index < -0.39 is 41.8 Å². The number of carbonyl (C=O) groups excluding carboxylic acids is 5. The number of amides is 4. The van der Waals surface area contributed by atoms with Crippen LogP contribution in [0.25, 0.3) is 0 Å². The Morgan fingerprint density at radius 2 is 1.20 bits per heavy atom. The van der Waals surface area contributed by atoms with Crippen molar-refractivity contribution < 1.29 is 42.9 Å². The lowest BCUT2D eigenvalue weighted by Crippen LogP contribution is -2.55. The van der Waals surface area contributed by atoms with Gasteiger partial charge in [0.1, 0.15) is 31.5 Å². The highest BCUT2D eigenvalue weighted by atomic mass is 16.6. The molecule has 3 N–H and O–H groups in total. The van der Waals surface area contributed by atoms with Crippen molar-refractivity contribution >= 4 is 35.8 Å². The second kappa shape index (κ2) is 20.6. The van der Waals surface area contributed by atoms with E-state index in [-0.39, 0.29) is 44.0 Å². The molecule has 0 unspecified atom stereocenters. The third-order valence-corrected chi connectivity index (χ3v) is 7.57. The summed E-state index contributed by atoms with van der Waals surface area (Å²) in [5, 5.41) is 6.20. The molecule has 0 aliphatic heterocycles. The van der Waals surface area contributed by atoms with Gasteiger partial charge in [-0.2, -0.15) is 0 Å². The first kappa shape index (κ1) is 40.4. The van der Waals surface area contributed by atoms with E-state index in [1.165, 1.54) is 24.3 Å². The van der Waals surface area contributed by atoms with Gasteiger partial charge in [0.15, 0.2) is 0 Å². The molecule has 1 atom stereocenters. The molecule has 4 aromatic carbocycles. The third kappa shape index (κ3) is 14.3. The zero-order valence-corrected chi connectivity index (χ0v) is 30.6.